The van der Waals surface area contributed by atoms with E-state index in [-0.39, 0.29) is 11.3 Å². The van der Waals surface area contributed by atoms with E-state index >= 15 is 0 Å². The van der Waals surface area contributed by atoms with Crippen LogP contribution in [0.2, 0.25) is 5.02 Å². The lowest BCUT2D eigenvalue weighted by Gasteiger charge is -2.14. The van der Waals surface area contributed by atoms with Crippen LogP contribution in [0, 0.1) is 0 Å². The van der Waals surface area contributed by atoms with Crippen molar-refractivity contribution in [2.45, 2.75) is 6.92 Å². The van der Waals surface area contributed by atoms with Crippen LogP contribution in [0.4, 0.5) is 5.69 Å². The molecule has 0 aliphatic heterocycles. The van der Waals surface area contributed by atoms with Gasteiger partial charge < -0.3 is 4.57 Å². The van der Waals surface area contributed by atoms with E-state index in [9.17, 15) is 13.2 Å². The first-order valence-corrected chi connectivity index (χ1v) is 11.6. The van der Waals surface area contributed by atoms with Gasteiger partial charge in [-0.1, -0.05) is 17.7 Å². The molecule has 0 radical (unpaired) electrons. The predicted octanol–water partition coefficient (Wildman–Crippen LogP) is 4.02. The number of halogens is 1. The number of anilines is 1. The highest BCUT2D eigenvalue weighted by Crippen LogP contribution is 2.36. The molecule has 2 heterocycles. The lowest BCUT2D eigenvalue weighted by Crippen LogP contribution is -2.17. The monoisotopic (exact) mass is 456 g/mol. The summed E-state index contributed by atoms with van der Waals surface area (Å²) in [6, 6.07) is 10.6. The maximum absolute atomic E-state index is 12.8. The van der Waals surface area contributed by atoms with Gasteiger partial charge in [0.2, 0.25) is 10.0 Å². The topological polar surface area (TPSA) is 86.0 Å². The van der Waals surface area contributed by atoms with Crippen molar-refractivity contribution in [1.29, 1.82) is 0 Å². The largest absolute Gasteiger partial charge is 0.317 e. The molecule has 0 spiro atoms. The SMILES string of the molecule is CCS(=O)(=O)Nc1ccc(Cl)c(-c2cn(C)c(=O)c3ccc(-c4cnn(C)c4)cc23)c1. The number of nitrogens with one attached hydrogen (secondary N) is 1. The van der Waals surface area contributed by atoms with Gasteiger partial charge in [0.05, 0.1) is 11.9 Å². The predicted molar refractivity (Wildman–Crippen MR) is 125 cm³/mol. The molecular weight excluding hydrogens is 436 g/mol. The first-order chi connectivity index (χ1) is 14.7. The van der Waals surface area contributed by atoms with Gasteiger partial charge in [0, 0.05) is 59.3 Å². The molecule has 0 saturated carbocycles. The van der Waals surface area contributed by atoms with Crippen molar-refractivity contribution in [2.24, 2.45) is 14.1 Å². The second-order valence-corrected chi connectivity index (χ2v) is 9.74. The average molecular weight is 457 g/mol. The molecule has 0 aliphatic rings. The van der Waals surface area contributed by atoms with Crippen LogP contribution in [0.15, 0.2) is 59.8 Å². The fraction of sp³-hybridized carbons (Fsp3) is 0.182. The molecule has 2 aromatic heterocycles. The molecule has 0 amide bonds. The van der Waals surface area contributed by atoms with Gasteiger partial charge in [-0.05, 0) is 48.2 Å². The molecular formula is C22H21ClN4O3S. The second-order valence-electron chi connectivity index (χ2n) is 7.32. The first kappa shape index (κ1) is 21.1. The number of rotatable bonds is 5. The zero-order valence-electron chi connectivity index (χ0n) is 17.3. The van der Waals surface area contributed by atoms with Gasteiger partial charge in [-0.3, -0.25) is 14.2 Å². The Morgan fingerprint density at radius 1 is 1.00 bits per heavy atom. The minimum absolute atomic E-state index is 0.0395. The van der Waals surface area contributed by atoms with Gasteiger partial charge in [0.1, 0.15) is 0 Å². The maximum Gasteiger partial charge on any atom is 0.258 e. The quantitative estimate of drug-likeness (QED) is 0.491. The summed E-state index contributed by atoms with van der Waals surface area (Å²) in [6.45, 7) is 1.57. The molecule has 0 aliphatic carbocycles. The number of fused-ring (bicyclic) bond motifs is 1. The van der Waals surface area contributed by atoms with Crippen LogP contribution in [0.1, 0.15) is 6.92 Å². The molecule has 2 aromatic carbocycles. The van der Waals surface area contributed by atoms with Crippen molar-refractivity contribution in [3.05, 3.63) is 70.4 Å². The summed E-state index contributed by atoms with van der Waals surface area (Å²) in [5.41, 5.74) is 3.47. The van der Waals surface area contributed by atoms with E-state index in [0.29, 0.717) is 21.7 Å². The molecule has 7 nitrogen and oxygen atoms in total. The number of aromatic nitrogens is 3. The highest BCUT2D eigenvalue weighted by molar-refractivity contribution is 7.92. The van der Waals surface area contributed by atoms with E-state index < -0.39 is 10.0 Å². The molecule has 4 rings (SSSR count). The summed E-state index contributed by atoms with van der Waals surface area (Å²) in [4.78, 5) is 12.8. The Morgan fingerprint density at radius 3 is 2.45 bits per heavy atom. The molecule has 0 fully saturated rings. The third-order valence-corrected chi connectivity index (χ3v) is 6.77. The summed E-state index contributed by atoms with van der Waals surface area (Å²) in [5, 5.41) is 5.94. The van der Waals surface area contributed by atoms with Gasteiger partial charge in [0.15, 0.2) is 0 Å². The number of hydrogen-bond acceptors (Lipinski definition) is 4. The fourth-order valence-electron chi connectivity index (χ4n) is 3.48. The Bertz CT molecular complexity index is 1470. The van der Waals surface area contributed by atoms with E-state index in [2.05, 4.69) is 9.82 Å². The number of sulfonamides is 1. The molecule has 160 valence electrons. The number of aryl methyl sites for hydroxylation is 2. The van der Waals surface area contributed by atoms with Crippen LogP contribution in [0.3, 0.4) is 0 Å². The van der Waals surface area contributed by atoms with Crippen LogP contribution >= 0.6 is 11.6 Å². The summed E-state index contributed by atoms with van der Waals surface area (Å²) in [7, 11) is 0.0803. The number of hydrogen-bond donors (Lipinski definition) is 1. The highest BCUT2D eigenvalue weighted by Gasteiger charge is 2.15. The number of nitrogens with zero attached hydrogens (tertiary/aromatic N) is 3. The van der Waals surface area contributed by atoms with Crippen LogP contribution in [0.5, 0.6) is 0 Å². The molecule has 0 saturated heterocycles. The van der Waals surface area contributed by atoms with Crippen molar-refractivity contribution >= 4 is 38.1 Å². The normalized spacial score (nSPS) is 11.7. The average Bonchev–Trinajstić information content (AvgIpc) is 3.18. The lowest BCUT2D eigenvalue weighted by atomic mass is 9.97. The third kappa shape index (κ3) is 4.08. The summed E-state index contributed by atoms with van der Waals surface area (Å²) in [5.74, 6) is -0.0395. The Hall–Kier alpha value is -3.10. The van der Waals surface area contributed by atoms with E-state index in [1.54, 1.807) is 55.3 Å². The van der Waals surface area contributed by atoms with Crippen LogP contribution in [-0.4, -0.2) is 28.5 Å². The smallest absolute Gasteiger partial charge is 0.258 e. The minimum atomic E-state index is -3.44. The Labute approximate surface area is 184 Å². The van der Waals surface area contributed by atoms with Gasteiger partial charge >= 0.3 is 0 Å². The van der Waals surface area contributed by atoms with Crippen LogP contribution in [-0.2, 0) is 24.1 Å². The first-order valence-electron chi connectivity index (χ1n) is 9.61. The van der Waals surface area contributed by atoms with Crippen molar-refractivity contribution in [3.8, 4) is 22.3 Å². The zero-order valence-corrected chi connectivity index (χ0v) is 18.8. The molecule has 0 bridgehead atoms. The van der Waals surface area contributed by atoms with E-state index in [1.807, 2.05) is 25.4 Å². The molecule has 9 heteroatoms. The molecule has 0 unspecified atom stereocenters. The molecule has 1 N–H and O–H groups in total. The van der Waals surface area contributed by atoms with Gasteiger partial charge in [-0.2, -0.15) is 5.10 Å². The van der Waals surface area contributed by atoms with Gasteiger partial charge in [-0.15, -0.1) is 0 Å². The Kier molecular flexibility index (Phi) is 5.36. The standard InChI is InChI=1S/C22H21ClN4O3S/c1-4-31(29,30)25-16-6-8-21(23)19(10-16)20-13-26(2)22(28)17-7-5-14(9-18(17)20)15-11-24-27(3)12-15/h5-13,25H,4H2,1-3H3. The number of pyridine rings is 1. The molecule has 0 atom stereocenters. The van der Waals surface area contributed by atoms with Crippen molar-refractivity contribution in [1.82, 2.24) is 14.3 Å². The van der Waals surface area contributed by atoms with Gasteiger partial charge in [0.25, 0.3) is 5.56 Å². The third-order valence-electron chi connectivity index (χ3n) is 5.13. The summed E-state index contributed by atoms with van der Waals surface area (Å²) < 4.78 is 29.8. The van der Waals surface area contributed by atoms with E-state index in [4.69, 9.17) is 11.6 Å². The van der Waals surface area contributed by atoms with E-state index in [0.717, 1.165) is 22.1 Å². The Morgan fingerprint density at radius 2 is 1.77 bits per heavy atom. The van der Waals surface area contributed by atoms with Crippen molar-refractivity contribution in [2.75, 3.05) is 10.5 Å². The lowest BCUT2D eigenvalue weighted by molar-refractivity contribution is 0.602. The zero-order chi connectivity index (χ0) is 22.3. The highest BCUT2D eigenvalue weighted by atomic mass is 35.5. The molecule has 4 aromatic rings. The van der Waals surface area contributed by atoms with Crippen LogP contribution < -0.4 is 10.3 Å². The fourth-order valence-corrected chi connectivity index (χ4v) is 4.33. The molecule has 31 heavy (non-hydrogen) atoms. The van der Waals surface area contributed by atoms with Crippen LogP contribution in [0.25, 0.3) is 33.0 Å². The maximum atomic E-state index is 12.8. The number of benzene rings is 2. The summed E-state index contributed by atoms with van der Waals surface area (Å²) >= 11 is 6.51. The Balaban J connectivity index is 1.97. The van der Waals surface area contributed by atoms with Crippen molar-refractivity contribution < 1.29 is 8.42 Å². The second kappa shape index (κ2) is 7.86. The summed E-state index contributed by atoms with van der Waals surface area (Å²) in [6.07, 6.45) is 5.38. The van der Waals surface area contributed by atoms with Crippen molar-refractivity contribution in [3.63, 3.8) is 0 Å². The van der Waals surface area contributed by atoms with Gasteiger partial charge in [-0.25, -0.2) is 8.42 Å². The van der Waals surface area contributed by atoms with E-state index in [1.165, 1.54) is 4.57 Å². The minimum Gasteiger partial charge on any atom is -0.317 e.